The zero-order chi connectivity index (χ0) is 22.7. The van der Waals surface area contributed by atoms with Crippen LogP contribution in [0.1, 0.15) is 12.8 Å². The van der Waals surface area contributed by atoms with Crippen molar-refractivity contribution in [3.63, 3.8) is 0 Å². The van der Waals surface area contributed by atoms with Gasteiger partial charge in [0, 0.05) is 24.2 Å². The third-order valence-electron chi connectivity index (χ3n) is 5.67. The molecule has 0 unspecified atom stereocenters. The van der Waals surface area contributed by atoms with Crippen LogP contribution in [0.4, 0.5) is 0 Å². The van der Waals surface area contributed by atoms with Gasteiger partial charge in [0.15, 0.2) is 0 Å². The fourth-order valence-electron chi connectivity index (χ4n) is 4.03. The van der Waals surface area contributed by atoms with Gasteiger partial charge in [-0.1, -0.05) is 17.7 Å². The maximum atomic E-state index is 13.4. The van der Waals surface area contributed by atoms with Crippen LogP contribution in [0.5, 0.6) is 5.75 Å². The number of hydrogen-bond donors (Lipinski definition) is 1. The number of ether oxygens (including phenoxy) is 1. The van der Waals surface area contributed by atoms with Gasteiger partial charge in [-0.3, -0.25) is 14.2 Å². The summed E-state index contributed by atoms with van der Waals surface area (Å²) in [7, 11) is 1.51. The number of likely N-dealkylation sites (tertiary alicyclic amines) is 1. The standard InChI is InChI=1S/C23H25ClN4O4/c1-32-18-6-4-5-17(14-18)28-22(30)19-8-7-16(24)13-20(19)27(23(28)31)15-21(29)25-9-12-26-10-2-3-11-26/h4-8,13-14H,2-3,9-12,15H2,1H3,(H,25,29). The molecule has 1 fully saturated rings. The molecule has 1 aliphatic heterocycles. The smallest absolute Gasteiger partial charge is 0.336 e. The number of carbonyl (C=O) groups excluding carboxylic acids is 1. The van der Waals surface area contributed by atoms with E-state index in [0.29, 0.717) is 33.9 Å². The van der Waals surface area contributed by atoms with Gasteiger partial charge in [0.05, 0.1) is 23.7 Å². The molecular formula is C23H25ClN4O4. The number of nitrogens with one attached hydrogen (secondary N) is 1. The molecule has 1 aliphatic rings. The van der Waals surface area contributed by atoms with Gasteiger partial charge >= 0.3 is 5.69 Å². The van der Waals surface area contributed by atoms with Crippen LogP contribution in [0.2, 0.25) is 5.02 Å². The summed E-state index contributed by atoms with van der Waals surface area (Å²) in [6.07, 6.45) is 2.36. The van der Waals surface area contributed by atoms with E-state index in [4.69, 9.17) is 16.3 Å². The molecule has 32 heavy (non-hydrogen) atoms. The minimum absolute atomic E-state index is 0.222. The molecule has 168 valence electrons. The predicted octanol–water partition coefficient (Wildman–Crippen LogP) is 2.03. The van der Waals surface area contributed by atoms with Crippen LogP contribution in [0.3, 0.4) is 0 Å². The van der Waals surface area contributed by atoms with Crippen LogP contribution in [-0.2, 0) is 11.3 Å². The average molecular weight is 457 g/mol. The third kappa shape index (κ3) is 4.56. The Morgan fingerprint density at radius 3 is 2.66 bits per heavy atom. The highest BCUT2D eigenvalue weighted by Crippen LogP contribution is 2.18. The normalized spacial score (nSPS) is 14.1. The molecule has 1 N–H and O–H groups in total. The number of rotatable bonds is 7. The van der Waals surface area contributed by atoms with Gasteiger partial charge < -0.3 is 15.0 Å². The average Bonchev–Trinajstić information content (AvgIpc) is 3.30. The first-order chi connectivity index (χ1) is 15.5. The minimum Gasteiger partial charge on any atom is -0.497 e. The largest absolute Gasteiger partial charge is 0.497 e. The van der Waals surface area contributed by atoms with Gasteiger partial charge in [0.2, 0.25) is 5.91 Å². The van der Waals surface area contributed by atoms with Gasteiger partial charge in [0.25, 0.3) is 5.56 Å². The van der Waals surface area contributed by atoms with Crippen molar-refractivity contribution in [3.05, 3.63) is 68.3 Å². The highest BCUT2D eigenvalue weighted by molar-refractivity contribution is 6.31. The molecule has 0 saturated carbocycles. The molecule has 3 aromatic rings. The number of aromatic nitrogens is 2. The quantitative estimate of drug-likeness (QED) is 0.588. The van der Waals surface area contributed by atoms with Crippen LogP contribution < -0.4 is 21.3 Å². The van der Waals surface area contributed by atoms with Crippen LogP contribution in [0.25, 0.3) is 16.6 Å². The number of amides is 1. The Morgan fingerprint density at radius 2 is 1.91 bits per heavy atom. The maximum absolute atomic E-state index is 13.4. The molecule has 9 heteroatoms. The van der Waals surface area contributed by atoms with E-state index >= 15 is 0 Å². The predicted molar refractivity (Wildman–Crippen MR) is 124 cm³/mol. The van der Waals surface area contributed by atoms with Gasteiger partial charge in [-0.2, -0.15) is 0 Å². The Kier molecular flexibility index (Phi) is 6.62. The van der Waals surface area contributed by atoms with Crippen molar-refractivity contribution < 1.29 is 9.53 Å². The minimum atomic E-state index is -0.618. The second kappa shape index (κ2) is 9.58. The van der Waals surface area contributed by atoms with Crippen molar-refractivity contribution in [1.29, 1.82) is 0 Å². The van der Waals surface area contributed by atoms with Crippen molar-refractivity contribution in [3.8, 4) is 11.4 Å². The van der Waals surface area contributed by atoms with Crippen molar-refractivity contribution in [1.82, 2.24) is 19.4 Å². The fourth-order valence-corrected chi connectivity index (χ4v) is 4.20. The van der Waals surface area contributed by atoms with E-state index in [-0.39, 0.29) is 12.5 Å². The number of halogens is 1. The molecule has 1 amide bonds. The summed E-state index contributed by atoms with van der Waals surface area (Å²) in [5.41, 5.74) is -0.422. The molecular weight excluding hydrogens is 432 g/mol. The first-order valence-corrected chi connectivity index (χ1v) is 10.9. The van der Waals surface area contributed by atoms with E-state index in [9.17, 15) is 14.4 Å². The highest BCUT2D eigenvalue weighted by atomic mass is 35.5. The second-order valence-electron chi connectivity index (χ2n) is 7.77. The van der Waals surface area contributed by atoms with Crippen LogP contribution >= 0.6 is 11.6 Å². The zero-order valence-corrected chi connectivity index (χ0v) is 18.6. The Morgan fingerprint density at radius 1 is 1.12 bits per heavy atom. The summed E-state index contributed by atoms with van der Waals surface area (Å²) in [5, 5.41) is 3.54. The lowest BCUT2D eigenvalue weighted by Crippen LogP contribution is -2.42. The summed E-state index contributed by atoms with van der Waals surface area (Å²) < 4.78 is 7.57. The molecule has 0 radical (unpaired) electrons. The third-order valence-corrected chi connectivity index (χ3v) is 5.90. The van der Waals surface area contributed by atoms with E-state index in [1.54, 1.807) is 36.4 Å². The first kappa shape index (κ1) is 22.1. The second-order valence-corrected chi connectivity index (χ2v) is 8.21. The summed E-state index contributed by atoms with van der Waals surface area (Å²) in [4.78, 5) is 41.5. The van der Waals surface area contributed by atoms with Crippen LogP contribution in [-0.4, -0.2) is 53.2 Å². The van der Waals surface area contributed by atoms with Crippen LogP contribution in [0.15, 0.2) is 52.1 Å². The molecule has 4 rings (SSSR count). The lowest BCUT2D eigenvalue weighted by Gasteiger charge is -2.16. The van der Waals surface area contributed by atoms with E-state index in [1.165, 1.54) is 30.6 Å². The molecule has 0 atom stereocenters. The van der Waals surface area contributed by atoms with E-state index < -0.39 is 11.2 Å². The Balaban J connectivity index is 1.71. The van der Waals surface area contributed by atoms with Crippen molar-refractivity contribution in [2.24, 2.45) is 0 Å². The molecule has 0 bridgehead atoms. The maximum Gasteiger partial charge on any atom is 0.336 e. The summed E-state index contributed by atoms with van der Waals surface area (Å²) in [5.74, 6) is 0.208. The van der Waals surface area contributed by atoms with E-state index in [0.717, 1.165) is 24.2 Å². The SMILES string of the molecule is COc1cccc(-n2c(=O)c3ccc(Cl)cc3n(CC(=O)NCCN3CCCC3)c2=O)c1. The highest BCUT2D eigenvalue weighted by Gasteiger charge is 2.18. The summed E-state index contributed by atoms with van der Waals surface area (Å²) in [6, 6.07) is 11.4. The Bertz CT molecular complexity index is 1260. The monoisotopic (exact) mass is 456 g/mol. The van der Waals surface area contributed by atoms with Crippen molar-refractivity contribution >= 4 is 28.4 Å². The number of methoxy groups -OCH3 is 1. The van der Waals surface area contributed by atoms with E-state index in [2.05, 4.69) is 10.2 Å². The number of benzene rings is 2. The van der Waals surface area contributed by atoms with Crippen molar-refractivity contribution in [2.75, 3.05) is 33.3 Å². The Labute approximate surface area is 190 Å². The molecule has 0 aliphatic carbocycles. The van der Waals surface area contributed by atoms with E-state index in [1.807, 2.05) is 0 Å². The molecule has 2 aromatic carbocycles. The lowest BCUT2D eigenvalue weighted by atomic mass is 10.2. The molecule has 2 heterocycles. The number of fused-ring (bicyclic) bond motifs is 1. The van der Waals surface area contributed by atoms with Gasteiger partial charge in [-0.15, -0.1) is 0 Å². The fraction of sp³-hybridized carbons (Fsp3) is 0.348. The van der Waals surface area contributed by atoms with Crippen molar-refractivity contribution in [2.45, 2.75) is 19.4 Å². The molecule has 1 saturated heterocycles. The van der Waals surface area contributed by atoms with Gasteiger partial charge in [-0.05, 0) is 56.3 Å². The molecule has 1 aromatic heterocycles. The zero-order valence-electron chi connectivity index (χ0n) is 17.8. The Hall–Kier alpha value is -3.10. The summed E-state index contributed by atoms with van der Waals surface area (Å²) >= 11 is 6.14. The van der Waals surface area contributed by atoms with Gasteiger partial charge in [-0.25, -0.2) is 9.36 Å². The molecule has 0 spiro atoms. The number of carbonyl (C=O) groups is 1. The topological polar surface area (TPSA) is 85.6 Å². The summed E-state index contributed by atoms with van der Waals surface area (Å²) in [6.45, 7) is 3.15. The molecule has 8 nitrogen and oxygen atoms in total. The number of hydrogen-bond acceptors (Lipinski definition) is 5. The lowest BCUT2D eigenvalue weighted by molar-refractivity contribution is -0.121. The van der Waals surface area contributed by atoms with Gasteiger partial charge in [0.1, 0.15) is 12.3 Å². The van der Waals surface area contributed by atoms with Crippen LogP contribution in [0, 0.1) is 0 Å². The first-order valence-electron chi connectivity index (χ1n) is 10.6. The number of nitrogens with zero attached hydrogens (tertiary/aromatic N) is 3.